The third kappa shape index (κ3) is 2.33. The van der Waals surface area contributed by atoms with Crippen molar-refractivity contribution in [1.82, 2.24) is 0 Å². The predicted molar refractivity (Wildman–Crippen MR) is 52.1 cm³/mol. The van der Waals surface area contributed by atoms with E-state index in [1.165, 1.54) is 24.3 Å². The summed E-state index contributed by atoms with van der Waals surface area (Å²) in [5.74, 6) is 2.49. The first kappa shape index (κ1) is 7.51. The van der Waals surface area contributed by atoms with Crippen LogP contribution in [0.4, 0.5) is 0 Å². The standard InChI is InChI=1S/C4H10S4/c5-8(6)4-2-1-3-7-8/h5-6H,1-4H2. The molecule has 1 aliphatic rings. The van der Waals surface area contributed by atoms with Gasteiger partial charge >= 0.3 is 0 Å². The maximum absolute atomic E-state index is 4.43. The quantitative estimate of drug-likeness (QED) is 0.433. The molecule has 0 amide bonds. The molecule has 1 aliphatic heterocycles. The molecule has 50 valence electrons. The van der Waals surface area contributed by atoms with Crippen LogP contribution in [0.5, 0.6) is 0 Å². The van der Waals surface area contributed by atoms with Gasteiger partial charge in [-0.05, 0) is 12.8 Å². The second kappa shape index (κ2) is 2.99. The first-order valence-electron chi connectivity index (χ1n) is 2.61. The minimum atomic E-state index is -0.777. The minimum absolute atomic E-state index is 0.777. The molecule has 0 bridgehead atoms. The van der Waals surface area contributed by atoms with Gasteiger partial charge < -0.3 is 0 Å². The van der Waals surface area contributed by atoms with E-state index in [4.69, 9.17) is 0 Å². The third-order valence-corrected chi connectivity index (χ3v) is 7.86. The molecule has 1 heterocycles. The lowest BCUT2D eigenvalue weighted by atomic mass is 10.4. The summed E-state index contributed by atoms with van der Waals surface area (Å²) >= 11 is 8.86. The van der Waals surface area contributed by atoms with Gasteiger partial charge in [-0.2, -0.15) is 0 Å². The van der Waals surface area contributed by atoms with Crippen molar-refractivity contribution in [2.45, 2.75) is 12.8 Å². The van der Waals surface area contributed by atoms with Gasteiger partial charge in [0.15, 0.2) is 0 Å². The van der Waals surface area contributed by atoms with Crippen LogP contribution in [0, 0.1) is 0 Å². The molecule has 8 heavy (non-hydrogen) atoms. The van der Waals surface area contributed by atoms with Crippen molar-refractivity contribution >= 4 is 41.2 Å². The van der Waals surface area contributed by atoms with Gasteiger partial charge in [-0.25, -0.2) is 0 Å². The van der Waals surface area contributed by atoms with E-state index in [2.05, 4.69) is 23.3 Å². The van der Waals surface area contributed by atoms with Crippen LogP contribution in [0.3, 0.4) is 0 Å². The zero-order valence-corrected chi connectivity index (χ0v) is 7.96. The van der Waals surface area contributed by atoms with Crippen LogP contribution in [0.15, 0.2) is 0 Å². The highest BCUT2D eigenvalue weighted by Crippen LogP contribution is 2.70. The van der Waals surface area contributed by atoms with E-state index in [-0.39, 0.29) is 0 Å². The number of rotatable bonds is 0. The van der Waals surface area contributed by atoms with Gasteiger partial charge in [-0.1, -0.05) is 17.9 Å². The molecule has 0 aromatic carbocycles. The zero-order valence-electron chi connectivity index (χ0n) is 4.54. The Balaban J connectivity index is 2.33. The Bertz CT molecular complexity index is 72.1. The van der Waals surface area contributed by atoms with Crippen molar-refractivity contribution in [3.63, 3.8) is 0 Å². The molecule has 0 spiro atoms. The molecule has 0 saturated carbocycles. The number of thiol groups is 2. The molecule has 1 saturated heterocycles. The van der Waals surface area contributed by atoms with Gasteiger partial charge in [0.05, 0.1) is 0 Å². The second-order valence-corrected chi connectivity index (χ2v) is 12.6. The monoisotopic (exact) mass is 186 g/mol. The molecule has 1 rings (SSSR count). The van der Waals surface area contributed by atoms with Crippen LogP contribution in [0.1, 0.15) is 12.8 Å². The van der Waals surface area contributed by atoms with Crippen molar-refractivity contribution < 1.29 is 0 Å². The molecular formula is C4H10S4. The molecule has 0 N–H and O–H groups in total. The van der Waals surface area contributed by atoms with Gasteiger partial charge in [0, 0.05) is 11.5 Å². The summed E-state index contributed by atoms with van der Waals surface area (Å²) in [5.41, 5.74) is 0. The lowest BCUT2D eigenvalue weighted by Crippen LogP contribution is -1.96. The first-order chi connectivity index (χ1) is 3.71. The average molecular weight is 186 g/mol. The van der Waals surface area contributed by atoms with Crippen molar-refractivity contribution in [1.29, 1.82) is 0 Å². The van der Waals surface area contributed by atoms with Crippen LogP contribution in [-0.4, -0.2) is 11.5 Å². The van der Waals surface area contributed by atoms with E-state index in [0.717, 1.165) is 0 Å². The molecule has 0 aliphatic carbocycles. The summed E-state index contributed by atoms with van der Waals surface area (Å²) in [6.45, 7) is 0. The van der Waals surface area contributed by atoms with Crippen molar-refractivity contribution in [3.05, 3.63) is 0 Å². The van der Waals surface area contributed by atoms with Crippen molar-refractivity contribution in [2.24, 2.45) is 0 Å². The first-order valence-corrected chi connectivity index (χ1v) is 8.02. The van der Waals surface area contributed by atoms with Crippen molar-refractivity contribution in [3.8, 4) is 0 Å². The lowest BCUT2D eigenvalue weighted by molar-refractivity contribution is 0.904. The largest absolute Gasteiger partial charge is 0.112 e. The summed E-state index contributed by atoms with van der Waals surface area (Å²) < 4.78 is 0. The van der Waals surface area contributed by atoms with Crippen LogP contribution in [0.2, 0.25) is 0 Å². The minimum Gasteiger partial charge on any atom is -0.112 e. The molecule has 4 heteroatoms. The summed E-state index contributed by atoms with van der Waals surface area (Å²) in [6.07, 6.45) is 2.69. The van der Waals surface area contributed by atoms with Crippen LogP contribution < -0.4 is 0 Å². The maximum Gasteiger partial charge on any atom is 0.00370 e. The van der Waals surface area contributed by atoms with E-state index in [1.807, 2.05) is 10.8 Å². The van der Waals surface area contributed by atoms with E-state index >= 15 is 0 Å². The number of hydrogen-bond acceptors (Lipinski definition) is 3. The highest BCUT2D eigenvalue weighted by atomic mass is 33.8. The van der Waals surface area contributed by atoms with Gasteiger partial charge in [-0.3, -0.25) is 0 Å². The smallest absolute Gasteiger partial charge is 0.00370 e. The summed E-state index contributed by atoms with van der Waals surface area (Å²) in [6, 6.07) is 0. The Kier molecular flexibility index (Phi) is 2.81. The fourth-order valence-electron chi connectivity index (χ4n) is 0.643. The van der Waals surface area contributed by atoms with E-state index in [9.17, 15) is 0 Å². The van der Waals surface area contributed by atoms with Crippen molar-refractivity contribution in [2.75, 3.05) is 11.5 Å². The van der Waals surface area contributed by atoms with E-state index < -0.39 is 7.12 Å². The highest BCUT2D eigenvalue weighted by Gasteiger charge is 2.17. The molecule has 0 radical (unpaired) electrons. The Morgan fingerprint density at radius 2 is 2.00 bits per heavy atom. The second-order valence-electron chi connectivity index (χ2n) is 1.84. The average Bonchev–Trinajstić information content (AvgIpc) is 1.65. The SMILES string of the molecule is SS1(S)CCCCS1. The molecule has 0 aromatic heterocycles. The normalized spacial score (nSPS) is 31.8. The third-order valence-electron chi connectivity index (χ3n) is 1.08. The molecule has 0 unspecified atom stereocenters. The van der Waals surface area contributed by atoms with Crippen LogP contribution in [-0.2, 0) is 0 Å². The number of hydrogen-bond donors (Lipinski definition) is 2. The molecular weight excluding hydrogens is 176 g/mol. The highest BCUT2D eigenvalue weighted by molar-refractivity contribution is 9.43. The summed E-state index contributed by atoms with van der Waals surface area (Å²) in [7, 11) is 1.15. The Morgan fingerprint density at radius 1 is 1.25 bits per heavy atom. The predicted octanol–water partition coefficient (Wildman–Crippen LogP) is 2.92. The van der Waals surface area contributed by atoms with Gasteiger partial charge in [0.1, 0.15) is 0 Å². The lowest BCUT2D eigenvalue weighted by Gasteiger charge is -2.30. The molecule has 0 atom stereocenters. The molecule has 0 aromatic rings. The molecule has 0 nitrogen and oxygen atoms in total. The fourth-order valence-corrected chi connectivity index (χ4v) is 5.91. The summed E-state index contributed by atoms with van der Waals surface area (Å²) in [5, 5.41) is 0. The zero-order chi connectivity index (χ0) is 6.04. The fraction of sp³-hybridized carbons (Fsp3) is 1.00. The Labute approximate surface area is 65.5 Å². The topological polar surface area (TPSA) is 0 Å². The van der Waals surface area contributed by atoms with Crippen LogP contribution >= 0.6 is 41.2 Å². The Morgan fingerprint density at radius 3 is 2.25 bits per heavy atom. The Hall–Kier alpha value is 1.40. The van der Waals surface area contributed by atoms with E-state index in [1.54, 1.807) is 0 Å². The van der Waals surface area contributed by atoms with E-state index in [0.29, 0.717) is 0 Å². The summed E-state index contributed by atoms with van der Waals surface area (Å²) in [4.78, 5) is 0. The maximum atomic E-state index is 4.43. The molecule has 1 fully saturated rings. The van der Waals surface area contributed by atoms with Gasteiger partial charge in [0.2, 0.25) is 0 Å². The van der Waals surface area contributed by atoms with Gasteiger partial charge in [-0.15, -0.1) is 23.3 Å². The van der Waals surface area contributed by atoms with Crippen LogP contribution in [0.25, 0.3) is 0 Å². The van der Waals surface area contributed by atoms with Gasteiger partial charge in [0.25, 0.3) is 0 Å².